The zero-order chi connectivity index (χ0) is 16.0. The summed E-state index contributed by atoms with van der Waals surface area (Å²) >= 11 is 5.96. The van der Waals surface area contributed by atoms with Gasteiger partial charge in [0.05, 0.1) is 13.2 Å². The summed E-state index contributed by atoms with van der Waals surface area (Å²) in [6.07, 6.45) is 9.71. The first-order valence-electron chi connectivity index (χ1n) is 8.75. The molecule has 0 heterocycles. The minimum atomic E-state index is 0.485. The minimum Gasteiger partial charge on any atom is -0.493 e. The summed E-state index contributed by atoms with van der Waals surface area (Å²) in [5, 5.41) is 0. The third kappa shape index (κ3) is 8.53. The van der Waals surface area contributed by atoms with Gasteiger partial charge >= 0.3 is 0 Å². The zero-order valence-electron chi connectivity index (χ0n) is 14.2. The van der Waals surface area contributed by atoms with Gasteiger partial charge in [-0.05, 0) is 30.5 Å². The van der Waals surface area contributed by atoms with E-state index in [0.717, 1.165) is 43.1 Å². The van der Waals surface area contributed by atoms with Crippen LogP contribution in [0.2, 0.25) is 0 Å². The van der Waals surface area contributed by atoms with E-state index in [9.17, 15) is 0 Å². The maximum absolute atomic E-state index is 5.96. The maximum Gasteiger partial charge on any atom is 0.123 e. The molecule has 0 aromatic heterocycles. The quantitative estimate of drug-likeness (QED) is 0.311. The Morgan fingerprint density at radius 3 is 1.64 bits per heavy atom. The van der Waals surface area contributed by atoms with Crippen LogP contribution in [0, 0.1) is 0 Å². The van der Waals surface area contributed by atoms with E-state index in [1.165, 1.54) is 38.5 Å². The van der Waals surface area contributed by atoms with E-state index in [1.807, 2.05) is 18.2 Å². The zero-order valence-corrected chi connectivity index (χ0v) is 15.0. The molecule has 1 aromatic rings. The molecule has 0 fully saturated rings. The molecule has 0 N–H and O–H groups in total. The molecule has 0 radical (unpaired) electrons. The van der Waals surface area contributed by atoms with Gasteiger partial charge in [-0.3, -0.25) is 0 Å². The molecule has 0 amide bonds. The van der Waals surface area contributed by atoms with Gasteiger partial charge in [0, 0.05) is 11.9 Å². The second-order valence-corrected chi connectivity index (χ2v) is 6.03. The monoisotopic (exact) mass is 326 g/mol. The summed E-state index contributed by atoms with van der Waals surface area (Å²) < 4.78 is 11.7. The van der Waals surface area contributed by atoms with E-state index in [1.54, 1.807) is 0 Å². The summed E-state index contributed by atoms with van der Waals surface area (Å²) in [5.74, 6) is 2.23. The molecule has 22 heavy (non-hydrogen) atoms. The van der Waals surface area contributed by atoms with Crippen LogP contribution in [-0.4, -0.2) is 13.2 Å². The van der Waals surface area contributed by atoms with Gasteiger partial charge in [0.1, 0.15) is 11.5 Å². The molecule has 0 aliphatic rings. The molecule has 0 spiro atoms. The topological polar surface area (TPSA) is 18.5 Å². The molecule has 0 bridgehead atoms. The molecule has 0 saturated carbocycles. The van der Waals surface area contributed by atoms with Crippen molar-refractivity contribution in [1.29, 1.82) is 0 Å². The van der Waals surface area contributed by atoms with Gasteiger partial charge in [-0.15, -0.1) is 11.6 Å². The highest BCUT2D eigenvalue weighted by molar-refractivity contribution is 6.17. The van der Waals surface area contributed by atoms with E-state index in [2.05, 4.69) is 13.8 Å². The van der Waals surface area contributed by atoms with E-state index in [-0.39, 0.29) is 0 Å². The van der Waals surface area contributed by atoms with E-state index in [4.69, 9.17) is 21.1 Å². The number of ether oxygens (including phenoxy) is 2. The third-order valence-corrected chi connectivity index (χ3v) is 3.94. The average Bonchev–Trinajstić information content (AvgIpc) is 2.54. The number of hydrogen-bond donors (Lipinski definition) is 0. The second-order valence-electron chi connectivity index (χ2n) is 5.76. The second kappa shape index (κ2) is 12.6. The Kier molecular flexibility index (Phi) is 11.0. The van der Waals surface area contributed by atoms with Crippen molar-refractivity contribution in [3.8, 4) is 11.5 Å². The Labute approximate surface area is 141 Å². The van der Waals surface area contributed by atoms with Gasteiger partial charge in [0.2, 0.25) is 0 Å². The molecule has 1 rings (SSSR count). The molecule has 0 aliphatic carbocycles. The molecule has 0 atom stereocenters. The van der Waals surface area contributed by atoms with Crippen molar-refractivity contribution < 1.29 is 9.47 Å². The van der Waals surface area contributed by atoms with Crippen molar-refractivity contribution in [2.24, 2.45) is 0 Å². The first-order valence-corrected chi connectivity index (χ1v) is 9.29. The maximum atomic E-state index is 5.96. The molecule has 126 valence electrons. The van der Waals surface area contributed by atoms with Crippen LogP contribution in [0.3, 0.4) is 0 Å². The number of hydrogen-bond acceptors (Lipinski definition) is 2. The van der Waals surface area contributed by atoms with Gasteiger partial charge in [-0.25, -0.2) is 0 Å². The summed E-state index contributed by atoms with van der Waals surface area (Å²) in [5.41, 5.74) is 1.05. The van der Waals surface area contributed by atoms with Crippen LogP contribution in [0.4, 0.5) is 0 Å². The molecule has 1 aromatic carbocycles. The SMILES string of the molecule is CCCCCCOc1cc(CCl)cc(OCCCCCC)c1. The van der Waals surface area contributed by atoms with Gasteiger partial charge in [0.25, 0.3) is 0 Å². The lowest BCUT2D eigenvalue weighted by atomic mass is 10.2. The highest BCUT2D eigenvalue weighted by atomic mass is 35.5. The number of rotatable bonds is 13. The standard InChI is InChI=1S/C19H31ClO2/c1-3-5-7-9-11-21-18-13-17(16-20)14-19(15-18)22-12-10-8-6-4-2/h13-15H,3-12,16H2,1-2H3. The minimum absolute atomic E-state index is 0.485. The lowest BCUT2D eigenvalue weighted by molar-refractivity contribution is 0.290. The fourth-order valence-corrected chi connectivity index (χ4v) is 2.47. The lowest BCUT2D eigenvalue weighted by Gasteiger charge is -2.11. The van der Waals surface area contributed by atoms with Gasteiger partial charge in [-0.2, -0.15) is 0 Å². The molecule has 0 aliphatic heterocycles. The lowest BCUT2D eigenvalue weighted by Crippen LogP contribution is -2.01. The van der Waals surface area contributed by atoms with Gasteiger partial charge in [0.15, 0.2) is 0 Å². The molecular formula is C19H31ClO2. The number of halogens is 1. The molecule has 3 heteroatoms. The van der Waals surface area contributed by atoms with Crippen LogP contribution >= 0.6 is 11.6 Å². The van der Waals surface area contributed by atoms with Crippen LogP contribution in [0.1, 0.15) is 70.8 Å². The third-order valence-electron chi connectivity index (χ3n) is 3.63. The molecule has 0 saturated heterocycles. The first-order chi connectivity index (χ1) is 10.8. The largest absolute Gasteiger partial charge is 0.493 e. The Hall–Kier alpha value is -0.890. The van der Waals surface area contributed by atoms with Gasteiger partial charge < -0.3 is 9.47 Å². The Bertz CT molecular complexity index is 361. The fraction of sp³-hybridized carbons (Fsp3) is 0.684. The molecular weight excluding hydrogens is 296 g/mol. The fourth-order valence-electron chi connectivity index (χ4n) is 2.31. The highest BCUT2D eigenvalue weighted by Crippen LogP contribution is 2.24. The van der Waals surface area contributed by atoms with Crippen LogP contribution < -0.4 is 9.47 Å². The van der Waals surface area contributed by atoms with Crippen LogP contribution in [0.5, 0.6) is 11.5 Å². The van der Waals surface area contributed by atoms with Crippen molar-refractivity contribution in [2.75, 3.05) is 13.2 Å². The van der Waals surface area contributed by atoms with Crippen molar-refractivity contribution in [1.82, 2.24) is 0 Å². The normalized spacial score (nSPS) is 10.7. The summed E-state index contributed by atoms with van der Waals surface area (Å²) in [7, 11) is 0. The van der Waals surface area contributed by atoms with Crippen molar-refractivity contribution >= 4 is 11.6 Å². The Balaban J connectivity index is 2.42. The molecule has 0 unspecified atom stereocenters. The summed E-state index contributed by atoms with van der Waals surface area (Å²) in [4.78, 5) is 0. The molecule has 2 nitrogen and oxygen atoms in total. The predicted molar refractivity (Wildman–Crippen MR) is 95.3 cm³/mol. The van der Waals surface area contributed by atoms with Crippen molar-refractivity contribution in [3.63, 3.8) is 0 Å². The number of alkyl halides is 1. The summed E-state index contributed by atoms with van der Waals surface area (Å²) in [6, 6.07) is 6.00. The van der Waals surface area contributed by atoms with Crippen molar-refractivity contribution in [3.05, 3.63) is 23.8 Å². The van der Waals surface area contributed by atoms with Crippen LogP contribution in [0.15, 0.2) is 18.2 Å². The van der Waals surface area contributed by atoms with Gasteiger partial charge in [-0.1, -0.05) is 52.4 Å². The first kappa shape index (κ1) is 19.2. The van der Waals surface area contributed by atoms with Crippen molar-refractivity contribution in [2.45, 2.75) is 71.1 Å². The van der Waals surface area contributed by atoms with Crippen LogP contribution in [0.25, 0.3) is 0 Å². The van der Waals surface area contributed by atoms with E-state index >= 15 is 0 Å². The highest BCUT2D eigenvalue weighted by Gasteiger charge is 2.03. The number of benzene rings is 1. The Morgan fingerprint density at radius 2 is 1.23 bits per heavy atom. The summed E-state index contributed by atoms with van der Waals surface area (Å²) in [6.45, 7) is 5.97. The van der Waals surface area contributed by atoms with Crippen LogP contribution in [-0.2, 0) is 5.88 Å². The number of unbranched alkanes of at least 4 members (excludes halogenated alkanes) is 6. The van der Waals surface area contributed by atoms with E-state index in [0.29, 0.717) is 5.88 Å². The average molecular weight is 327 g/mol. The van der Waals surface area contributed by atoms with E-state index < -0.39 is 0 Å². The Morgan fingerprint density at radius 1 is 0.727 bits per heavy atom. The smallest absolute Gasteiger partial charge is 0.123 e. The predicted octanol–water partition coefficient (Wildman–Crippen LogP) is 6.34.